The molecule has 0 unspecified atom stereocenters. The van der Waals surface area contributed by atoms with E-state index in [0.717, 1.165) is 46.5 Å². The molecule has 172 valence electrons. The van der Waals surface area contributed by atoms with Crippen LogP contribution < -0.4 is 0 Å². The molecule has 0 saturated carbocycles. The van der Waals surface area contributed by atoms with Crippen LogP contribution in [0.4, 0.5) is 4.39 Å². The normalized spacial score (nSPS) is 22.8. The highest BCUT2D eigenvalue weighted by molar-refractivity contribution is 5.87. The van der Waals surface area contributed by atoms with E-state index < -0.39 is 0 Å². The maximum absolute atomic E-state index is 12.9. The van der Waals surface area contributed by atoms with Gasteiger partial charge < -0.3 is 0 Å². The fourth-order valence-electron chi connectivity index (χ4n) is 5.93. The fraction of sp³-hybridized carbons (Fsp3) is 0.520. The van der Waals surface area contributed by atoms with Crippen LogP contribution in [0.1, 0.15) is 37.1 Å². The zero-order valence-electron chi connectivity index (χ0n) is 18.8. The molecule has 0 N–H and O–H groups in total. The van der Waals surface area contributed by atoms with Crippen molar-refractivity contribution in [2.45, 2.75) is 57.3 Å². The average molecular weight is 449 g/mol. The number of halogens is 1. The third-order valence-corrected chi connectivity index (χ3v) is 7.64. The van der Waals surface area contributed by atoms with Crippen LogP contribution in [0.2, 0.25) is 0 Å². The molecule has 3 aliphatic rings. The lowest BCUT2D eigenvalue weighted by Crippen LogP contribution is -2.35. The molecule has 1 aromatic carbocycles. The summed E-state index contributed by atoms with van der Waals surface area (Å²) < 4.78 is 14.9. The Morgan fingerprint density at radius 2 is 1.88 bits per heavy atom. The predicted molar refractivity (Wildman–Crippen MR) is 123 cm³/mol. The van der Waals surface area contributed by atoms with Crippen LogP contribution in [-0.4, -0.2) is 74.0 Å². The molecule has 3 aromatic rings. The van der Waals surface area contributed by atoms with Gasteiger partial charge in [0.2, 0.25) is 0 Å². The van der Waals surface area contributed by atoms with E-state index in [-0.39, 0.29) is 12.5 Å². The summed E-state index contributed by atoms with van der Waals surface area (Å²) in [5.41, 5.74) is 4.78. The number of carbonyl (C=O) groups excluding carboxylic acids is 1. The second kappa shape index (κ2) is 8.57. The van der Waals surface area contributed by atoms with Crippen molar-refractivity contribution in [1.82, 2.24) is 29.8 Å². The molecule has 2 fully saturated rings. The minimum absolute atomic E-state index is 0.220. The maximum atomic E-state index is 12.9. The first kappa shape index (κ1) is 20.9. The van der Waals surface area contributed by atoms with Gasteiger partial charge in [0.25, 0.3) is 0 Å². The van der Waals surface area contributed by atoms with E-state index in [1.165, 1.54) is 25.7 Å². The third-order valence-electron chi connectivity index (χ3n) is 7.64. The summed E-state index contributed by atoms with van der Waals surface area (Å²) in [5.74, 6) is 0.220. The molecule has 7 nitrogen and oxygen atoms in total. The van der Waals surface area contributed by atoms with Gasteiger partial charge in [0.1, 0.15) is 6.67 Å². The van der Waals surface area contributed by atoms with E-state index in [9.17, 15) is 9.18 Å². The van der Waals surface area contributed by atoms with Crippen molar-refractivity contribution in [3.05, 3.63) is 41.9 Å². The van der Waals surface area contributed by atoms with Crippen LogP contribution in [0.3, 0.4) is 0 Å². The van der Waals surface area contributed by atoms with Gasteiger partial charge in [-0.15, -0.1) is 0 Å². The van der Waals surface area contributed by atoms with Crippen molar-refractivity contribution in [3.63, 3.8) is 0 Å². The second-order valence-electron chi connectivity index (χ2n) is 9.65. The van der Waals surface area contributed by atoms with Gasteiger partial charge in [-0.3, -0.25) is 19.3 Å². The Morgan fingerprint density at radius 3 is 2.67 bits per heavy atom. The Bertz CT molecular complexity index is 1170. The van der Waals surface area contributed by atoms with E-state index in [4.69, 9.17) is 0 Å². The Balaban J connectivity index is 1.22. The molecule has 8 heteroatoms. The maximum Gasteiger partial charge on any atom is 0.152 e. The number of Topliss-reactive ketones (excluding diaryl/α,β-unsaturated/α-hetero) is 1. The van der Waals surface area contributed by atoms with Gasteiger partial charge in [-0.05, 0) is 49.4 Å². The van der Waals surface area contributed by atoms with E-state index in [0.29, 0.717) is 38.1 Å². The van der Waals surface area contributed by atoms with Crippen molar-refractivity contribution in [1.29, 1.82) is 0 Å². The summed E-state index contributed by atoms with van der Waals surface area (Å²) in [5, 5.41) is 14.2. The lowest BCUT2D eigenvalue weighted by Gasteiger charge is -2.27. The Labute approximate surface area is 192 Å². The summed E-state index contributed by atoms with van der Waals surface area (Å²) in [7, 11) is 0. The first-order valence-electron chi connectivity index (χ1n) is 12.0. The third kappa shape index (κ3) is 3.95. The number of carbonyl (C=O) groups is 1. The highest BCUT2D eigenvalue weighted by atomic mass is 19.1. The molecule has 33 heavy (non-hydrogen) atoms. The van der Waals surface area contributed by atoms with E-state index >= 15 is 0 Å². The highest BCUT2D eigenvalue weighted by Gasteiger charge is 2.39. The lowest BCUT2D eigenvalue weighted by atomic mass is 10.0. The van der Waals surface area contributed by atoms with Crippen LogP contribution in [-0.2, 0) is 24.3 Å². The summed E-state index contributed by atoms with van der Waals surface area (Å²) in [6.07, 6.45) is 7.17. The molecule has 0 spiro atoms. The fourth-order valence-corrected chi connectivity index (χ4v) is 5.93. The largest absolute Gasteiger partial charge is 0.298 e. The number of alkyl halides is 1. The first-order valence-corrected chi connectivity index (χ1v) is 12.0. The Hall–Kier alpha value is -2.71. The van der Waals surface area contributed by atoms with Crippen molar-refractivity contribution in [2.75, 3.05) is 26.3 Å². The van der Waals surface area contributed by atoms with Gasteiger partial charge in [-0.25, -0.2) is 4.39 Å². The van der Waals surface area contributed by atoms with E-state index in [1.54, 1.807) is 0 Å². The zero-order valence-corrected chi connectivity index (χ0v) is 18.8. The SMILES string of the molecule is O=C(Cc1cc2cc(-c3cnn4c3CN(CCF)CC4)ccc2nn1)CN1C2CCC1CC2. The second-order valence-corrected chi connectivity index (χ2v) is 9.65. The van der Waals surface area contributed by atoms with Gasteiger partial charge in [-0.1, -0.05) is 6.07 Å². The number of fused-ring (bicyclic) bond motifs is 4. The van der Waals surface area contributed by atoms with Crippen molar-refractivity contribution < 1.29 is 9.18 Å². The van der Waals surface area contributed by atoms with Crippen LogP contribution in [0.25, 0.3) is 22.0 Å². The number of ketones is 1. The molecule has 0 aliphatic carbocycles. The molecule has 2 bridgehead atoms. The minimum atomic E-state index is -0.335. The molecule has 0 radical (unpaired) electrons. The van der Waals surface area contributed by atoms with Gasteiger partial charge in [0.15, 0.2) is 5.78 Å². The van der Waals surface area contributed by atoms with Crippen LogP contribution in [0.5, 0.6) is 0 Å². The molecule has 2 saturated heterocycles. The zero-order chi connectivity index (χ0) is 22.4. The number of hydrogen-bond donors (Lipinski definition) is 0. The molecule has 5 heterocycles. The van der Waals surface area contributed by atoms with Gasteiger partial charge in [0, 0.05) is 42.7 Å². The first-order chi connectivity index (χ1) is 16.2. The van der Waals surface area contributed by atoms with E-state index in [2.05, 4.69) is 31.2 Å². The number of hydrogen-bond acceptors (Lipinski definition) is 6. The summed E-state index contributed by atoms with van der Waals surface area (Å²) in [6.45, 7) is 2.95. The molecule has 2 aromatic heterocycles. The Kier molecular flexibility index (Phi) is 5.42. The summed E-state index contributed by atoms with van der Waals surface area (Å²) >= 11 is 0. The minimum Gasteiger partial charge on any atom is -0.298 e. The highest BCUT2D eigenvalue weighted by Crippen LogP contribution is 2.37. The van der Waals surface area contributed by atoms with Crippen LogP contribution in [0, 0.1) is 0 Å². The van der Waals surface area contributed by atoms with Gasteiger partial charge in [-0.2, -0.15) is 15.3 Å². The van der Waals surface area contributed by atoms with E-state index in [1.807, 2.05) is 29.1 Å². The molecule has 0 atom stereocenters. The smallest absolute Gasteiger partial charge is 0.152 e. The molecule has 0 amide bonds. The standard InChI is InChI=1S/C25H29FN6O/c26-7-8-30-9-10-32-25(16-30)23(14-27-32)17-1-6-24-18(11-17)12-19(28-29-24)13-22(33)15-31-20-2-3-21(31)5-4-20/h1,6,11-12,14,20-21H,2-5,7-10,13,15-16H2. The predicted octanol–water partition coefficient (Wildman–Crippen LogP) is 3.02. The number of nitrogens with zero attached hydrogens (tertiary/aromatic N) is 6. The molecule has 3 aliphatic heterocycles. The molecule has 6 rings (SSSR count). The van der Waals surface area contributed by atoms with Crippen molar-refractivity contribution in [3.8, 4) is 11.1 Å². The van der Waals surface area contributed by atoms with Crippen molar-refractivity contribution >= 4 is 16.7 Å². The monoisotopic (exact) mass is 448 g/mol. The number of rotatable bonds is 7. The van der Waals surface area contributed by atoms with Crippen LogP contribution >= 0.6 is 0 Å². The average Bonchev–Trinajstić information content (AvgIpc) is 3.53. The molecular weight excluding hydrogens is 419 g/mol. The lowest BCUT2D eigenvalue weighted by molar-refractivity contribution is -0.119. The topological polar surface area (TPSA) is 67.2 Å². The number of aromatic nitrogens is 4. The Morgan fingerprint density at radius 1 is 1.06 bits per heavy atom. The summed E-state index contributed by atoms with van der Waals surface area (Å²) in [6, 6.07) is 9.31. The van der Waals surface area contributed by atoms with Gasteiger partial charge in [0.05, 0.1) is 42.6 Å². The quantitative estimate of drug-likeness (QED) is 0.554. The van der Waals surface area contributed by atoms with Crippen LogP contribution in [0.15, 0.2) is 30.5 Å². The van der Waals surface area contributed by atoms with Crippen molar-refractivity contribution in [2.24, 2.45) is 0 Å². The number of benzene rings is 1. The molecular formula is C25H29FN6O. The summed E-state index contributed by atoms with van der Waals surface area (Å²) in [4.78, 5) is 17.3. The van der Waals surface area contributed by atoms with Gasteiger partial charge >= 0.3 is 0 Å².